The van der Waals surface area contributed by atoms with E-state index >= 15 is 0 Å². The zero-order chi connectivity index (χ0) is 12.7. The number of nitrogens with one attached hydrogen (secondary N) is 1. The lowest BCUT2D eigenvalue weighted by Crippen LogP contribution is -2.34. The SMILES string of the molecule is COC(=O)C(C)=CCNC(C)C1CCCCC1. The van der Waals surface area contributed by atoms with Crippen molar-refractivity contribution in [3.8, 4) is 0 Å². The van der Waals surface area contributed by atoms with Crippen molar-refractivity contribution in [3.63, 3.8) is 0 Å². The van der Waals surface area contributed by atoms with E-state index < -0.39 is 0 Å². The Bertz CT molecular complexity index is 267. The van der Waals surface area contributed by atoms with Crippen LogP contribution in [-0.2, 0) is 9.53 Å². The maximum absolute atomic E-state index is 11.2. The molecule has 0 aromatic rings. The highest BCUT2D eigenvalue weighted by Crippen LogP contribution is 2.26. The molecule has 3 heteroatoms. The number of hydrogen-bond acceptors (Lipinski definition) is 3. The van der Waals surface area contributed by atoms with E-state index in [0.29, 0.717) is 11.6 Å². The zero-order valence-electron chi connectivity index (χ0n) is 11.3. The smallest absolute Gasteiger partial charge is 0.333 e. The zero-order valence-corrected chi connectivity index (χ0v) is 11.3. The van der Waals surface area contributed by atoms with Crippen molar-refractivity contribution < 1.29 is 9.53 Å². The van der Waals surface area contributed by atoms with Crippen LogP contribution < -0.4 is 5.32 Å². The van der Waals surface area contributed by atoms with Crippen molar-refractivity contribution in [2.75, 3.05) is 13.7 Å². The van der Waals surface area contributed by atoms with E-state index in [1.807, 2.05) is 6.08 Å². The molecule has 0 heterocycles. The minimum Gasteiger partial charge on any atom is -0.466 e. The van der Waals surface area contributed by atoms with Gasteiger partial charge in [0.05, 0.1) is 7.11 Å². The first-order valence-electron chi connectivity index (χ1n) is 6.63. The summed E-state index contributed by atoms with van der Waals surface area (Å²) in [6.45, 7) is 4.79. The molecule has 1 aliphatic carbocycles. The van der Waals surface area contributed by atoms with Crippen LogP contribution in [0.15, 0.2) is 11.6 Å². The van der Waals surface area contributed by atoms with Gasteiger partial charge in [-0.25, -0.2) is 4.79 Å². The second kappa shape index (κ2) is 7.49. The molecule has 1 saturated carbocycles. The highest BCUT2D eigenvalue weighted by Gasteiger charge is 2.18. The number of hydrogen-bond donors (Lipinski definition) is 1. The van der Waals surface area contributed by atoms with Gasteiger partial charge in [0.25, 0.3) is 0 Å². The van der Waals surface area contributed by atoms with Crippen molar-refractivity contribution in [3.05, 3.63) is 11.6 Å². The fraction of sp³-hybridized carbons (Fsp3) is 0.786. The molecular weight excluding hydrogens is 214 g/mol. The third-order valence-corrected chi connectivity index (χ3v) is 3.71. The summed E-state index contributed by atoms with van der Waals surface area (Å²) in [6.07, 6.45) is 8.72. The second-order valence-corrected chi connectivity index (χ2v) is 4.97. The Hall–Kier alpha value is -0.830. The molecule has 0 spiro atoms. The summed E-state index contributed by atoms with van der Waals surface area (Å²) in [5.74, 6) is 0.563. The quantitative estimate of drug-likeness (QED) is 0.592. The summed E-state index contributed by atoms with van der Waals surface area (Å²) in [4.78, 5) is 11.2. The van der Waals surface area contributed by atoms with Gasteiger partial charge in [-0.15, -0.1) is 0 Å². The summed E-state index contributed by atoms with van der Waals surface area (Å²) < 4.78 is 4.65. The van der Waals surface area contributed by atoms with Crippen LogP contribution in [0.5, 0.6) is 0 Å². The number of rotatable bonds is 5. The van der Waals surface area contributed by atoms with Crippen molar-refractivity contribution in [1.29, 1.82) is 0 Å². The highest BCUT2D eigenvalue weighted by atomic mass is 16.5. The average Bonchev–Trinajstić information content (AvgIpc) is 2.38. The summed E-state index contributed by atoms with van der Waals surface area (Å²) >= 11 is 0. The summed E-state index contributed by atoms with van der Waals surface area (Å²) in [7, 11) is 1.41. The second-order valence-electron chi connectivity index (χ2n) is 4.97. The van der Waals surface area contributed by atoms with Crippen LogP contribution in [0.1, 0.15) is 46.0 Å². The fourth-order valence-corrected chi connectivity index (χ4v) is 2.44. The molecule has 3 nitrogen and oxygen atoms in total. The Morgan fingerprint density at radius 2 is 2.06 bits per heavy atom. The lowest BCUT2D eigenvalue weighted by Gasteiger charge is -2.28. The van der Waals surface area contributed by atoms with Crippen molar-refractivity contribution in [2.45, 2.75) is 52.0 Å². The molecule has 17 heavy (non-hydrogen) atoms. The number of ether oxygens (including phenoxy) is 1. The molecule has 1 atom stereocenters. The van der Waals surface area contributed by atoms with E-state index in [9.17, 15) is 4.79 Å². The van der Waals surface area contributed by atoms with Gasteiger partial charge < -0.3 is 10.1 Å². The third kappa shape index (κ3) is 4.90. The molecule has 0 bridgehead atoms. The molecular formula is C14H25NO2. The predicted molar refractivity (Wildman–Crippen MR) is 69.8 cm³/mol. The maximum Gasteiger partial charge on any atom is 0.333 e. The number of carbonyl (C=O) groups excluding carboxylic acids is 1. The van der Waals surface area contributed by atoms with Gasteiger partial charge in [-0.05, 0) is 32.6 Å². The van der Waals surface area contributed by atoms with Gasteiger partial charge >= 0.3 is 5.97 Å². The molecule has 0 amide bonds. The van der Waals surface area contributed by atoms with Crippen molar-refractivity contribution in [1.82, 2.24) is 5.32 Å². The first-order chi connectivity index (χ1) is 8.15. The molecule has 1 N–H and O–H groups in total. The van der Waals surface area contributed by atoms with Crippen LogP contribution in [0.4, 0.5) is 0 Å². The standard InChI is InChI=1S/C14H25NO2/c1-11(14(16)17-3)9-10-15-12(2)13-7-5-4-6-8-13/h9,12-13,15H,4-8,10H2,1-3H3. The van der Waals surface area contributed by atoms with Gasteiger partial charge in [-0.3, -0.25) is 0 Å². The molecule has 0 radical (unpaired) electrons. The van der Waals surface area contributed by atoms with Crippen LogP contribution in [0.3, 0.4) is 0 Å². The number of carbonyl (C=O) groups is 1. The summed E-state index contributed by atoms with van der Waals surface area (Å²) in [5, 5.41) is 3.48. The normalized spacial score (nSPS) is 20.1. The average molecular weight is 239 g/mol. The maximum atomic E-state index is 11.2. The van der Waals surface area contributed by atoms with Crippen LogP contribution in [-0.4, -0.2) is 25.7 Å². The van der Waals surface area contributed by atoms with Crippen LogP contribution in [0.25, 0.3) is 0 Å². The van der Waals surface area contributed by atoms with E-state index in [2.05, 4.69) is 17.0 Å². The topological polar surface area (TPSA) is 38.3 Å². The molecule has 0 aromatic heterocycles. The van der Waals surface area contributed by atoms with E-state index in [-0.39, 0.29) is 5.97 Å². The van der Waals surface area contributed by atoms with Crippen LogP contribution in [0.2, 0.25) is 0 Å². The molecule has 1 unspecified atom stereocenters. The lowest BCUT2D eigenvalue weighted by atomic mass is 9.84. The largest absolute Gasteiger partial charge is 0.466 e. The van der Waals surface area contributed by atoms with Crippen molar-refractivity contribution in [2.24, 2.45) is 5.92 Å². The first kappa shape index (κ1) is 14.2. The molecule has 1 rings (SSSR count). The third-order valence-electron chi connectivity index (χ3n) is 3.71. The van der Waals surface area contributed by atoms with E-state index in [0.717, 1.165) is 12.5 Å². The minimum atomic E-state index is -0.239. The van der Waals surface area contributed by atoms with Crippen LogP contribution in [0, 0.1) is 5.92 Å². The Morgan fingerprint density at radius 3 is 2.65 bits per heavy atom. The van der Waals surface area contributed by atoms with Gasteiger partial charge in [-0.1, -0.05) is 25.3 Å². The molecule has 98 valence electrons. The Balaban J connectivity index is 2.27. The fourth-order valence-electron chi connectivity index (χ4n) is 2.44. The molecule has 0 saturated heterocycles. The highest BCUT2D eigenvalue weighted by molar-refractivity contribution is 5.87. The minimum absolute atomic E-state index is 0.239. The van der Waals surface area contributed by atoms with Gasteiger partial charge in [0, 0.05) is 18.2 Å². The van der Waals surface area contributed by atoms with Gasteiger partial charge in [-0.2, -0.15) is 0 Å². The van der Waals surface area contributed by atoms with E-state index in [4.69, 9.17) is 0 Å². The Morgan fingerprint density at radius 1 is 1.41 bits per heavy atom. The predicted octanol–water partition coefficient (Wildman–Crippen LogP) is 2.66. The molecule has 1 fully saturated rings. The van der Waals surface area contributed by atoms with Crippen molar-refractivity contribution >= 4 is 5.97 Å². The Kier molecular flexibility index (Phi) is 6.27. The number of methoxy groups -OCH3 is 1. The Labute approximate surface area is 105 Å². The monoisotopic (exact) mass is 239 g/mol. The number of esters is 1. The first-order valence-corrected chi connectivity index (χ1v) is 6.63. The van der Waals surface area contributed by atoms with Crippen LogP contribution >= 0.6 is 0 Å². The molecule has 0 aliphatic heterocycles. The van der Waals surface area contributed by atoms with E-state index in [1.54, 1.807) is 6.92 Å². The lowest BCUT2D eigenvalue weighted by molar-refractivity contribution is -0.136. The molecule has 0 aromatic carbocycles. The van der Waals surface area contributed by atoms with Gasteiger partial charge in [0.15, 0.2) is 0 Å². The summed E-state index contributed by atoms with van der Waals surface area (Å²) in [5.41, 5.74) is 0.677. The summed E-state index contributed by atoms with van der Waals surface area (Å²) in [6, 6.07) is 0.539. The van der Waals surface area contributed by atoms with Gasteiger partial charge in [0.2, 0.25) is 0 Å². The molecule has 1 aliphatic rings. The van der Waals surface area contributed by atoms with Gasteiger partial charge in [0.1, 0.15) is 0 Å². The van der Waals surface area contributed by atoms with E-state index in [1.165, 1.54) is 39.2 Å².